The predicted molar refractivity (Wildman–Crippen MR) is 240 cm³/mol. The van der Waals surface area contributed by atoms with Crippen molar-refractivity contribution < 1.29 is 0 Å². The van der Waals surface area contributed by atoms with Crippen LogP contribution in [0.4, 0.5) is 0 Å². The van der Waals surface area contributed by atoms with E-state index in [-0.39, 0.29) is 0 Å². The summed E-state index contributed by atoms with van der Waals surface area (Å²) >= 11 is 53.5. The van der Waals surface area contributed by atoms with Crippen LogP contribution in [0.25, 0.3) is 85.4 Å². The van der Waals surface area contributed by atoms with E-state index in [1.807, 2.05) is 103 Å². The summed E-state index contributed by atoms with van der Waals surface area (Å²) < 4.78 is 2.12. The van der Waals surface area contributed by atoms with E-state index in [4.69, 9.17) is 103 Å². The van der Waals surface area contributed by atoms with Crippen LogP contribution in [0.2, 0.25) is 40.2 Å². The van der Waals surface area contributed by atoms with E-state index in [1.165, 1.54) is 0 Å². The fraction of sp³-hybridized carbons (Fsp3) is 0. The molecule has 0 saturated heterocycles. The average Bonchev–Trinajstić information content (AvgIpc) is 3.98. The first-order valence-electron chi connectivity index (χ1n) is 17.0. The molecule has 5 heterocycles. The molecule has 0 atom stereocenters. The minimum absolute atomic E-state index is 0.358. The van der Waals surface area contributed by atoms with Gasteiger partial charge in [-0.3, -0.25) is 0 Å². The molecular formula is C44H22Cl8N4. The summed E-state index contributed by atoms with van der Waals surface area (Å²) in [5.41, 5.74) is 11.3. The van der Waals surface area contributed by atoms with Crippen LogP contribution in [0.5, 0.6) is 0 Å². The van der Waals surface area contributed by atoms with Crippen LogP contribution < -0.4 is 0 Å². The SMILES string of the molecule is Clc1ccc(-c2c(-c3ccc(Cl)c(Cl)c3)c3c(-c4ccc(Cl)c(Cl)c4)c4nc(cc5ccc(cc6nc(cc2n3-c2ccc(Cl)c(Cl)c2)C=C6)[nH]5)C=C4)cc1Cl. The predicted octanol–water partition coefficient (Wildman–Crippen LogP) is 16.3. The lowest BCUT2D eigenvalue weighted by Gasteiger charge is -2.15. The molecule has 0 aliphatic carbocycles. The maximum Gasteiger partial charge on any atom is 0.0737 e. The number of nitrogens with zero attached hydrogens (tertiary/aromatic N) is 3. The molecule has 4 aromatic carbocycles. The fourth-order valence-electron chi connectivity index (χ4n) is 7.00. The highest BCUT2D eigenvalue weighted by molar-refractivity contribution is 6.44. The average molecular weight is 890 g/mol. The summed E-state index contributed by atoms with van der Waals surface area (Å²) in [6.45, 7) is 0. The van der Waals surface area contributed by atoms with Crippen molar-refractivity contribution in [2.45, 2.75) is 0 Å². The maximum atomic E-state index is 6.84. The summed E-state index contributed by atoms with van der Waals surface area (Å²) in [6.07, 6.45) is 7.89. The van der Waals surface area contributed by atoms with Crippen molar-refractivity contribution in [3.63, 3.8) is 0 Å². The Morgan fingerprint density at radius 1 is 0.393 bits per heavy atom. The largest absolute Gasteiger partial charge is 0.355 e. The molecule has 8 bridgehead atoms. The first-order chi connectivity index (χ1) is 27.0. The third-order valence-electron chi connectivity index (χ3n) is 9.45. The highest BCUT2D eigenvalue weighted by atomic mass is 35.5. The smallest absolute Gasteiger partial charge is 0.0737 e. The van der Waals surface area contributed by atoms with Crippen molar-refractivity contribution in [2.75, 3.05) is 0 Å². The molecule has 274 valence electrons. The zero-order chi connectivity index (χ0) is 38.8. The van der Waals surface area contributed by atoms with E-state index >= 15 is 0 Å². The van der Waals surface area contributed by atoms with E-state index in [0.29, 0.717) is 62.8 Å². The molecule has 7 aromatic rings. The van der Waals surface area contributed by atoms with Gasteiger partial charge in [-0.1, -0.05) is 111 Å². The minimum Gasteiger partial charge on any atom is -0.355 e. The monoisotopic (exact) mass is 886 g/mol. The third-order valence-corrected chi connectivity index (χ3v) is 12.4. The lowest BCUT2D eigenvalue weighted by molar-refractivity contribution is 1.17. The number of hydrogen-bond donors (Lipinski definition) is 1. The van der Waals surface area contributed by atoms with Gasteiger partial charge in [0, 0.05) is 33.4 Å². The number of H-pyrrole nitrogens is 1. The van der Waals surface area contributed by atoms with Gasteiger partial charge in [0.25, 0.3) is 0 Å². The summed E-state index contributed by atoms with van der Waals surface area (Å²) in [6, 6.07) is 32.1. The Hall–Kier alpha value is -4.20. The number of halogens is 8. The molecule has 0 fully saturated rings. The highest BCUT2D eigenvalue weighted by Gasteiger charge is 2.27. The maximum absolute atomic E-state index is 6.84. The third kappa shape index (κ3) is 6.93. The van der Waals surface area contributed by atoms with Crippen LogP contribution in [0.3, 0.4) is 0 Å². The molecule has 0 unspecified atom stereocenters. The van der Waals surface area contributed by atoms with Gasteiger partial charge in [-0.25, -0.2) is 9.97 Å². The lowest BCUT2D eigenvalue weighted by atomic mass is 9.93. The highest BCUT2D eigenvalue weighted by Crippen LogP contribution is 2.49. The van der Waals surface area contributed by atoms with Gasteiger partial charge < -0.3 is 9.55 Å². The number of aromatic nitrogens is 4. The molecule has 0 spiro atoms. The van der Waals surface area contributed by atoms with E-state index in [9.17, 15) is 0 Å². The molecule has 0 amide bonds. The fourth-order valence-corrected chi connectivity index (χ4v) is 8.19. The summed E-state index contributed by atoms with van der Waals surface area (Å²) in [5.74, 6) is 0. The molecule has 12 heteroatoms. The minimum atomic E-state index is 0.358. The number of rotatable bonds is 4. The van der Waals surface area contributed by atoms with E-state index in [1.54, 1.807) is 24.3 Å². The Balaban J connectivity index is 1.63. The van der Waals surface area contributed by atoms with E-state index in [2.05, 4.69) is 9.55 Å². The second-order valence-electron chi connectivity index (χ2n) is 13.0. The van der Waals surface area contributed by atoms with E-state index in [0.717, 1.165) is 61.3 Å². The first-order valence-corrected chi connectivity index (χ1v) is 20.0. The number of fused-ring (bicyclic) bond motifs is 8. The molecule has 2 aliphatic heterocycles. The van der Waals surface area contributed by atoms with Gasteiger partial charge in [-0.2, -0.15) is 0 Å². The van der Waals surface area contributed by atoms with Crippen LogP contribution in [0.1, 0.15) is 22.8 Å². The van der Waals surface area contributed by atoms with Gasteiger partial charge >= 0.3 is 0 Å². The number of benzene rings is 4. The molecule has 1 N–H and O–H groups in total. The van der Waals surface area contributed by atoms with Gasteiger partial charge in [-0.15, -0.1) is 0 Å². The van der Waals surface area contributed by atoms with Crippen molar-refractivity contribution in [2.24, 2.45) is 0 Å². The first kappa shape index (κ1) is 37.4. The van der Waals surface area contributed by atoms with Gasteiger partial charge in [-0.05, 0) is 126 Å². The Morgan fingerprint density at radius 2 is 0.857 bits per heavy atom. The lowest BCUT2D eigenvalue weighted by Crippen LogP contribution is -1.98. The summed E-state index contributed by atoms with van der Waals surface area (Å²) in [7, 11) is 0. The molecule has 9 rings (SSSR count). The van der Waals surface area contributed by atoms with Gasteiger partial charge in [0.05, 0.1) is 74.0 Å². The van der Waals surface area contributed by atoms with E-state index < -0.39 is 0 Å². The van der Waals surface area contributed by atoms with Crippen LogP contribution in [-0.2, 0) is 0 Å². The van der Waals surface area contributed by atoms with Crippen molar-refractivity contribution in [3.8, 4) is 39.1 Å². The number of hydrogen-bond acceptors (Lipinski definition) is 2. The quantitative estimate of drug-likeness (QED) is 0.191. The van der Waals surface area contributed by atoms with Crippen molar-refractivity contribution in [1.29, 1.82) is 0 Å². The normalized spacial score (nSPS) is 12.1. The van der Waals surface area contributed by atoms with Gasteiger partial charge in [0.2, 0.25) is 0 Å². The second kappa shape index (κ2) is 14.9. The Labute approximate surface area is 361 Å². The van der Waals surface area contributed by atoms with Gasteiger partial charge in [0.1, 0.15) is 0 Å². The van der Waals surface area contributed by atoms with Crippen molar-refractivity contribution in [1.82, 2.24) is 19.5 Å². The van der Waals surface area contributed by atoms with Crippen LogP contribution in [-0.4, -0.2) is 19.5 Å². The topological polar surface area (TPSA) is 46.5 Å². The molecular weight excluding hydrogens is 868 g/mol. The number of nitrogens with one attached hydrogen (secondary N) is 1. The number of aromatic amines is 1. The zero-order valence-corrected chi connectivity index (χ0v) is 34.5. The van der Waals surface area contributed by atoms with Crippen LogP contribution >= 0.6 is 92.8 Å². The summed E-state index contributed by atoms with van der Waals surface area (Å²) in [5, 5.41) is 3.07. The molecule has 2 aliphatic rings. The van der Waals surface area contributed by atoms with Gasteiger partial charge in [0.15, 0.2) is 0 Å². The Morgan fingerprint density at radius 3 is 1.41 bits per heavy atom. The summed E-state index contributed by atoms with van der Waals surface area (Å²) in [4.78, 5) is 13.7. The molecule has 56 heavy (non-hydrogen) atoms. The standard InChI is InChI=1S/C44H22Cl8N4/c45-31-10-1-22(15-35(31)49)41-39-14-8-28(55-39)19-27-5-4-25(53-27)18-26-6-7-29(54-26)20-40-42(23-2-11-32(46)36(50)16-23)43(24-3-12-33(47)37(51)17-24)44(41)56(40)30-9-13-34(48)38(52)21-30/h1-21,53H. The second-order valence-corrected chi connectivity index (χ2v) is 16.3. The Kier molecular flexibility index (Phi) is 9.98. The van der Waals surface area contributed by atoms with Crippen molar-refractivity contribution in [3.05, 3.63) is 166 Å². The molecule has 4 nitrogen and oxygen atoms in total. The molecule has 3 aromatic heterocycles. The molecule has 0 saturated carbocycles. The van der Waals surface area contributed by atoms with Crippen LogP contribution in [0, 0.1) is 0 Å². The zero-order valence-electron chi connectivity index (χ0n) is 28.5. The van der Waals surface area contributed by atoms with Crippen molar-refractivity contribution >= 4 is 139 Å². The van der Waals surface area contributed by atoms with Crippen LogP contribution in [0.15, 0.2) is 103 Å². The molecule has 0 radical (unpaired) electrons. The Bertz CT molecular complexity index is 3030.